The fraction of sp³-hybridized carbons (Fsp3) is 0.760. The summed E-state index contributed by atoms with van der Waals surface area (Å²) < 4.78 is 6.41. The molecular weight excluding hydrogens is 707 g/mol. The number of hydrogen-bond acceptors (Lipinski definition) is 5. The van der Waals surface area contributed by atoms with E-state index < -0.39 is 5.97 Å². The number of pyridine rings is 1. The standard InChI is InChI=1S/C50H86N3O4/c1-4-6-8-10-12-14-16-18-20-22-24-26-28-30-32-36-42-53(3,43-37-33-31-29-27-25-23-21-19-17-15-13-11-9-7-5-2)45-46-44-47(39-40-49(46)52(55)56)57-50(54)48-38-34-35-41-51-48/h34-35,38-41,44H,4-33,36-37,42-43,45H2,1-3H3/q+1. The number of carbonyl (C=O) groups excluding carboxylic acids is 1. The van der Waals surface area contributed by atoms with E-state index in [-0.39, 0.29) is 16.3 Å². The van der Waals surface area contributed by atoms with Crippen molar-refractivity contribution in [3.63, 3.8) is 0 Å². The maximum absolute atomic E-state index is 12.8. The van der Waals surface area contributed by atoms with Crippen molar-refractivity contribution >= 4 is 11.7 Å². The van der Waals surface area contributed by atoms with E-state index in [1.807, 2.05) is 0 Å². The minimum Gasteiger partial charge on any atom is -0.422 e. The van der Waals surface area contributed by atoms with Crippen molar-refractivity contribution < 1.29 is 18.9 Å². The molecule has 0 atom stereocenters. The highest BCUT2D eigenvalue weighted by atomic mass is 16.6. The van der Waals surface area contributed by atoms with Gasteiger partial charge in [0, 0.05) is 12.3 Å². The monoisotopic (exact) mass is 793 g/mol. The Morgan fingerprint density at radius 3 is 1.32 bits per heavy atom. The summed E-state index contributed by atoms with van der Waals surface area (Å²) in [5.41, 5.74) is 0.933. The first-order chi connectivity index (χ1) is 27.9. The molecule has 0 N–H and O–H groups in total. The second kappa shape index (κ2) is 34.1. The molecule has 0 aliphatic heterocycles. The molecule has 324 valence electrons. The molecule has 0 saturated carbocycles. The maximum atomic E-state index is 12.8. The number of hydrogen-bond donors (Lipinski definition) is 0. The second-order valence-electron chi connectivity index (χ2n) is 17.5. The molecule has 0 aliphatic carbocycles. The van der Waals surface area contributed by atoms with Crippen LogP contribution in [0.2, 0.25) is 0 Å². The number of aromatic nitrogens is 1. The predicted molar refractivity (Wildman–Crippen MR) is 241 cm³/mol. The molecule has 2 aromatic rings. The molecule has 0 bridgehead atoms. The van der Waals surface area contributed by atoms with E-state index in [9.17, 15) is 14.9 Å². The van der Waals surface area contributed by atoms with Gasteiger partial charge in [0.15, 0.2) is 0 Å². The zero-order valence-corrected chi connectivity index (χ0v) is 37.3. The number of unbranched alkanes of at least 4 members (excludes halogenated alkanes) is 30. The quantitative estimate of drug-likeness (QED) is 0.0168. The number of rotatable bonds is 39. The lowest BCUT2D eigenvalue weighted by molar-refractivity contribution is -0.923. The summed E-state index contributed by atoms with van der Waals surface area (Å²) in [4.78, 5) is 28.7. The van der Waals surface area contributed by atoms with Gasteiger partial charge < -0.3 is 9.22 Å². The van der Waals surface area contributed by atoms with Crippen molar-refractivity contribution in [2.24, 2.45) is 0 Å². The summed E-state index contributed by atoms with van der Waals surface area (Å²) in [6.45, 7) is 7.10. The summed E-state index contributed by atoms with van der Waals surface area (Å²) in [5.74, 6) is -0.239. The number of nitro groups is 1. The van der Waals surface area contributed by atoms with Gasteiger partial charge >= 0.3 is 5.97 Å². The third-order valence-corrected chi connectivity index (χ3v) is 12.0. The van der Waals surface area contributed by atoms with Gasteiger partial charge in [-0.1, -0.05) is 200 Å². The Bertz CT molecular complexity index is 1230. The van der Waals surface area contributed by atoms with Crippen LogP contribution in [0, 0.1) is 10.1 Å². The summed E-state index contributed by atoms with van der Waals surface area (Å²) >= 11 is 0. The SMILES string of the molecule is CCCCCCCCCCCCCCCCCC[N+](C)(CCCCCCCCCCCCCCCCCC)Cc1cc(OC(=O)c2ccccn2)ccc1[N+](=O)[O-]. The van der Waals surface area contributed by atoms with Crippen LogP contribution in [0.5, 0.6) is 5.75 Å². The smallest absolute Gasteiger partial charge is 0.362 e. The summed E-state index contributed by atoms with van der Waals surface area (Å²) in [5, 5.41) is 12.2. The van der Waals surface area contributed by atoms with Crippen LogP contribution >= 0.6 is 0 Å². The van der Waals surface area contributed by atoms with Gasteiger partial charge in [-0.3, -0.25) is 10.1 Å². The van der Waals surface area contributed by atoms with Crippen molar-refractivity contribution in [2.45, 2.75) is 226 Å². The van der Waals surface area contributed by atoms with E-state index in [0.717, 1.165) is 30.4 Å². The number of nitro benzene ring substituents is 1. The van der Waals surface area contributed by atoms with Crippen LogP contribution in [0.3, 0.4) is 0 Å². The van der Waals surface area contributed by atoms with Gasteiger partial charge in [-0.05, 0) is 49.9 Å². The third kappa shape index (κ3) is 26.0. The molecule has 1 aromatic heterocycles. The van der Waals surface area contributed by atoms with Crippen molar-refractivity contribution in [1.29, 1.82) is 0 Å². The Morgan fingerprint density at radius 2 is 0.965 bits per heavy atom. The van der Waals surface area contributed by atoms with E-state index >= 15 is 0 Å². The minimum atomic E-state index is -0.561. The second-order valence-corrected chi connectivity index (χ2v) is 17.5. The van der Waals surface area contributed by atoms with Crippen molar-refractivity contribution in [2.75, 3.05) is 20.1 Å². The van der Waals surface area contributed by atoms with E-state index in [1.165, 1.54) is 205 Å². The molecule has 0 fully saturated rings. The minimum absolute atomic E-state index is 0.0935. The molecule has 0 saturated heterocycles. The highest BCUT2D eigenvalue weighted by Gasteiger charge is 2.27. The van der Waals surface area contributed by atoms with Crippen molar-refractivity contribution in [3.8, 4) is 5.75 Å². The van der Waals surface area contributed by atoms with Gasteiger partial charge in [-0.25, -0.2) is 9.78 Å². The Hall–Kier alpha value is -2.80. The van der Waals surface area contributed by atoms with Gasteiger partial charge in [0.2, 0.25) is 0 Å². The molecule has 2 rings (SSSR count). The maximum Gasteiger partial charge on any atom is 0.362 e. The largest absolute Gasteiger partial charge is 0.422 e. The Morgan fingerprint density at radius 1 is 0.579 bits per heavy atom. The number of ether oxygens (including phenoxy) is 1. The zero-order chi connectivity index (χ0) is 41.1. The average Bonchev–Trinajstić information content (AvgIpc) is 3.21. The van der Waals surface area contributed by atoms with Crippen molar-refractivity contribution in [3.05, 3.63) is 64.0 Å². The predicted octanol–water partition coefficient (Wildman–Crippen LogP) is 15.7. The van der Waals surface area contributed by atoms with Crippen molar-refractivity contribution in [1.82, 2.24) is 4.98 Å². The van der Waals surface area contributed by atoms with Crippen LogP contribution < -0.4 is 4.74 Å². The molecule has 7 heteroatoms. The zero-order valence-electron chi connectivity index (χ0n) is 37.3. The lowest BCUT2D eigenvalue weighted by Gasteiger charge is -2.35. The molecule has 0 amide bonds. The van der Waals surface area contributed by atoms with Gasteiger partial charge in [-0.15, -0.1) is 0 Å². The topological polar surface area (TPSA) is 82.3 Å². The van der Waals surface area contributed by atoms with Gasteiger partial charge in [0.05, 0.1) is 30.6 Å². The fourth-order valence-electron chi connectivity index (χ4n) is 8.34. The number of quaternary nitrogens is 1. The summed E-state index contributed by atoms with van der Waals surface area (Å²) in [7, 11) is 2.27. The first-order valence-electron chi connectivity index (χ1n) is 24.1. The van der Waals surface area contributed by atoms with E-state index in [4.69, 9.17) is 4.74 Å². The first kappa shape index (κ1) is 50.3. The Balaban J connectivity index is 1.80. The molecule has 0 spiro atoms. The molecule has 57 heavy (non-hydrogen) atoms. The number of nitrogens with zero attached hydrogens (tertiary/aromatic N) is 3. The molecule has 0 aliphatic rings. The number of benzene rings is 1. The lowest BCUT2D eigenvalue weighted by Crippen LogP contribution is -2.45. The van der Waals surface area contributed by atoms with Gasteiger partial charge in [0.1, 0.15) is 18.0 Å². The summed E-state index contributed by atoms with van der Waals surface area (Å²) in [6, 6.07) is 9.82. The molecule has 0 radical (unpaired) electrons. The molecular formula is C50H86N3O4+. The average molecular weight is 793 g/mol. The van der Waals surface area contributed by atoms with E-state index in [1.54, 1.807) is 30.5 Å². The van der Waals surface area contributed by atoms with E-state index in [0.29, 0.717) is 17.9 Å². The third-order valence-electron chi connectivity index (χ3n) is 12.0. The number of esters is 1. The Kier molecular flexibility index (Phi) is 30.1. The van der Waals surface area contributed by atoms with Gasteiger partial charge in [0.25, 0.3) is 5.69 Å². The van der Waals surface area contributed by atoms with Crippen LogP contribution in [0.1, 0.15) is 235 Å². The van der Waals surface area contributed by atoms with Gasteiger partial charge in [-0.2, -0.15) is 0 Å². The van der Waals surface area contributed by atoms with Crippen LogP contribution in [0.4, 0.5) is 5.69 Å². The highest BCUT2D eigenvalue weighted by Crippen LogP contribution is 2.29. The van der Waals surface area contributed by atoms with Crippen LogP contribution in [0.25, 0.3) is 0 Å². The Labute approximate surface area is 350 Å². The molecule has 7 nitrogen and oxygen atoms in total. The van der Waals surface area contributed by atoms with Crippen LogP contribution in [0.15, 0.2) is 42.6 Å². The van der Waals surface area contributed by atoms with Crippen LogP contribution in [-0.2, 0) is 6.54 Å². The molecule has 0 unspecified atom stereocenters. The normalized spacial score (nSPS) is 11.6. The van der Waals surface area contributed by atoms with Crippen LogP contribution in [-0.4, -0.2) is 40.5 Å². The fourth-order valence-corrected chi connectivity index (χ4v) is 8.34. The van der Waals surface area contributed by atoms with E-state index in [2.05, 4.69) is 25.9 Å². The highest BCUT2D eigenvalue weighted by molar-refractivity contribution is 5.88. The summed E-state index contributed by atoms with van der Waals surface area (Å²) in [6.07, 6.45) is 44.6. The molecule has 1 heterocycles. The first-order valence-corrected chi connectivity index (χ1v) is 24.1. The molecule has 1 aromatic carbocycles. The lowest BCUT2D eigenvalue weighted by atomic mass is 10.0. The number of carbonyl (C=O) groups is 1.